The Morgan fingerprint density at radius 1 is 1.25 bits per heavy atom. The minimum atomic E-state index is -3.41. The standard InChI is InChI=1S/C23H22N4O4S/c1-26(32(2,29)30)15-23(28)27-13-20(14-27)31-22-10-19(9-18-6-7-25-12-21(18)22)17-5-3-4-16(8-17)11-24/h3-10,12,20H,13-15H2,1-2H3. The summed E-state index contributed by atoms with van der Waals surface area (Å²) in [6, 6.07) is 15.4. The molecular formula is C23H22N4O4S. The van der Waals surface area contributed by atoms with Crippen molar-refractivity contribution in [3.8, 4) is 22.9 Å². The highest BCUT2D eigenvalue weighted by atomic mass is 32.2. The Labute approximate surface area is 186 Å². The molecule has 1 amide bonds. The lowest BCUT2D eigenvalue weighted by molar-refractivity contribution is -0.139. The largest absolute Gasteiger partial charge is 0.486 e. The average molecular weight is 451 g/mol. The number of hydrogen-bond acceptors (Lipinski definition) is 6. The Balaban J connectivity index is 1.53. The number of fused-ring (bicyclic) bond motifs is 1. The number of hydrogen-bond donors (Lipinski definition) is 0. The second-order valence-corrected chi connectivity index (χ2v) is 9.91. The number of pyridine rings is 1. The summed E-state index contributed by atoms with van der Waals surface area (Å²) in [4.78, 5) is 18.1. The summed E-state index contributed by atoms with van der Waals surface area (Å²) in [6.07, 6.45) is 4.32. The second-order valence-electron chi connectivity index (χ2n) is 7.82. The van der Waals surface area contributed by atoms with Crippen LogP contribution in [0.5, 0.6) is 5.75 Å². The van der Waals surface area contributed by atoms with Gasteiger partial charge in [-0.25, -0.2) is 8.42 Å². The lowest BCUT2D eigenvalue weighted by atomic mass is 10.00. The van der Waals surface area contributed by atoms with Crippen LogP contribution in [0.4, 0.5) is 0 Å². The van der Waals surface area contributed by atoms with Crippen LogP contribution < -0.4 is 4.74 Å². The SMILES string of the molecule is CN(CC(=O)N1CC(Oc2cc(-c3cccc(C#N)c3)cc3ccncc23)C1)S(C)(=O)=O. The van der Waals surface area contributed by atoms with E-state index in [1.807, 2.05) is 36.4 Å². The van der Waals surface area contributed by atoms with Crippen molar-refractivity contribution >= 4 is 26.7 Å². The molecule has 32 heavy (non-hydrogen) atoms. The highest BCUT2D eigenvalue weighted by Crippen LogP contribution is 2.34. The van der Waals surface area contributed by atoms with Crippen LogP contribution in [0.3, 0.4) is 0 Å². The van der Waals surface area contributed by atoms with Crippen LogP contribution in [0.15, 0.2) is 54.9 Å². The van der Waals surface area contributed by atoms with Gasteiger partial charge < -0.3 is 9.64 Å². The number of rotatable bonds is 6. The Morgan fingerprint density at radius 3 is 2.75 bits per heavy atom. The highest BCUT2D eigenvalue weighted by molar-refractivity contribution is 7.88. The molecule has 1 saturated heterocycles. The monoisotopic (exact) mass is 450 g/mol. The maximum Gasteiger partial charge on any atom is 0.238 e. The maximum absolute atomic E-state index is 12.3. The molecule has 0 aliphatic carbocycles. The Kier molecular flexibility index (Phi) is 5.82. The van der Waals surface area contributed by atoms with E-state index in [2.05, 4.69) is 11.1 Å². The van der Waals surface area contributed by atoms with Crippen LogP contribution >= 0.6 is 0 Å². The van der Waals surface area contributed by atoms with Gasteiger partial charge in [0.2, 0.25) is 15.9 Å². The van der Waals surface area contributed by atoms with Gasteiger partial charge in [0.1, 0.15) is 11.9 Å². The normalized spacial score (nSPS) is 14.2. The van der Waals surface area contributed by atoms with Crippen molar-refractivity contribution in [3.05, 3.63) is 60.4 Å². The Hall–Kier alpha value is -3.48. The molecule has 0 radical (unpaired) electrons. The number of sulfonamides is 1. The van der Waals surface area contributed by atoms with Crippen molar-refractivity contribution < 1.29 is 17.9 Å². The average Bonchev–Trinajstić information content (AvgIpc) is 2.74. The number of carbonyl (C=O) groups excluding carboxylic acids is 1. The Morgan fingerprint density at radius 2 is 2.03 bits per heavy atom. The van der Waals surface area contributed by atoms with Gasteiger partial charge in [-0.3, -0.25) is 9.78 Å². The molecule has 0 spiro atoms. The zero-order chi connectivity index (χ0) is 22.9. The molecule has 1 aliphatic heterocycles. The van der Waals surface area contributed by atoms with Crippen molar-refractivity contribution in [2.24, 2.45) is 0 Å². The van der Waals surface area contributed by atoms with Crippen LogP contribution in [-0.2, 0) is 14.8 Å². The minimum absolute atomic E-state index is 0.191. The smallest absolute Gasteiger partial charge is 0.238 e. The predicted molar refractivity (Wildman–Crippen MR) is 120 cm³/mol. The molecule has 0 unspecified atom stereocenters. The molecule has 2 aromatic carbocycles. The molecule has 9 heteroatoms. The van der Waals surface area contributed by atoms with Crippen molar-refractivity contribution in [1.82, 2.24) is 14.2 Å². The third-order valence-corrected chi connectivity index (χ3v) is 6.72. The summed E-state index contributed by atoms with van der Waals surface area (Å²) >= 11 is 0. The van der Waals surface area contributed by atoms with E-state index in [1.165, 1.54) is 7.05 Å². The van der Waals surface area contributed by atoms with E-state index in [0.717, 1.165) is 32.5 Å². The number of amides is 1. The fourth-order valence-corrected chi connectivity index (χ4v) is 3.85. The van der Waals surface area contributed by atoms with E-state index < -0.39 is 10.0 Å². The molecule has 164 valence electrons. The van der Waals surface area contributed by atoms with E-state index in [9.17, 15) is 18.5 Å². The minimum Gasteiger partial charge on any atom is -0.486 e. The van der Waals surface area contributed by atoms with Gasteiger partial charge in [-0.15, -0.1) is 0 Å². The lowest BCUT2D eigenvalue weighted by Crippen LogP contribution is -2.58. The molecular weight excluding hydrogens is 428 g/mol. The molecule has 0 atom stereocenters. The zero-order valence-corrected chi connectivity index (χ0v) is 18.5. The first-order valence-corrected chi connectivity index (χ1v) is 11.8. The quantitative estimate of drug-likeness (QED) is 0.571. The van der Waals surface area contributed by atoms with E-state index in [0.29, 0.717) is 24.4 Å². The topological polar surface area (TPSA) is 104 Å². The van der Waals surface area contributed by atoms with Crippen molar-refractivity contribution in [3.63, 3.8) is 0 Å². The first-order chi connectivity index (χ1) is 15.2. The summed E-state index contributed by atoms with van der Waals surface area (Å²) in [7, 11) is -2.03. The van der Waals surface area contributed by atoms with E-state index >= 15 is 0 Å². The molecule has 8 nitrogen and oxygen atoms in total. The molecule has 1 fully saturated rings. The van der Waals surface area contributed by atoms with Gasteiger partial charge in [-0.2, -0.15) is 9.57 Å². The number of carbonyl (C=O) groups is 1. The van der Waals surface area contributed by atoms with Gasteiger partial charge in [-0.1, -0.05) is 12.1 Å². The van der Waals surface area contributed by atoms with Gasteiger partial charge in [0.05, 0.1) is 37.5 Å². The van der Waals surface area contributed by atoms with Gasteiger partial charge in [-0.05, 0) is 46.8 Å². The molecule has 1 aromatic heterocycles. The summed E-state index contributed by atoms with van der Waals surface area (Å²) in [5.41, 5.74) is 2.40. The van der Waals surface area contributed by atoms with E-state index in [1.54, 1.807) is 23.4 Å². The number of ether oxygens (including phenoxy) is 1. The van der Waals surface area contributed by atoms with E-state index in [4.69, 9.17) is 4.74 Å². The van der Waals surface area contributed by atoms with Gasteiger partial charge >= 0.3 is 0 Å². The summed E-state index contributed by atoms with van der Waals surface area (Å²) < 4.78 is 30.3. The summed E-state index contributed by atoms with van der Waals surface area (Å²) in [5.74, 6) is 0.393. The lowest BCUT2D eigenvalue weighted by Gasteiger charge is -2.39. The first kappa shape index (κ1) is 21.7. The van der Waals surface area contributed by atoms with Crippen LogP contribution in [0.2, 0.25) is 0 Å². The third-order valence-electron chi connectivity index (χ3n) is 5.46. The molecule has 2 heterocycles. The number of benzene rings is 2. The van der Waals surface area contributed by atoms with Crippen molar-refractivity contribution in [1.29, 1.82) is 5.26 Å². The fraction of sp³-hybridized carbons (Fsp3) is 0.261. The van der Waals surface area contributed by atoms with Crippen LogP contribution in [0.1, 0.15) is 5.56 Å². The number of nitriles is 1. The molecule has 1 aliphatic rings. The van der Waals surface area contributed by atoms with Crippen LogP contribution in [-0.4, -0.2) is 67.6 Å². The third kappa shape index (κ3) is 4.56. The predicted octanol–water partition coefficient (Wildman–Crippen LogP) is 2.25. The number of likely N-dealkylation sites (tertiary alicyclic amines) is 1. The molecule has 0 N–H and O–H groups in total. The second kappa shape index (κ2) is 8.57. The van der Waals surface area contributed by atoms with Crippen molar-refractivity contribution in [2.45, 2.75) is 6.10 Å². The number of likely N-dealkylation sites (N-methyl/N-ethyl adjacent to an activating group) is 1. The first-order valence-electron chi connectivity index (χ1n) is 9.98. The van der Waals surface area contributed by atoms with Crippen molar-refractivity contribution in [2.75, 3.05) is 32.9 Å². The zero-order valence-electron chi connectivity index (χ0n) is 17.7. The summed E-state index contributed by atoms with van der Waals surface area (Å²) in [5, 5.41) is 11.0. The van der Waals surface area contributed by atoms with Gasteiger partial charge in [0, 0.05) is 24.8 Å². The highest BCUT2D eigenvalue weighted by Gasteiger charge is 2.33. The van der Waals surface area contributed by atoms with Gasteiger partial charge in [0.15, 0.2) is 0 Å². The van der Waals surface area contributed by atoms with Crippen LogP contribution in [0.25, 0.3) is 21.9 Å². The summed E-state index contributed by atoms with van der Waals surface area (Å²) in [6.45, 7) is 0.571. The fourth-order valence-electron chi connectivity index (χ4n) is 3.50. The number of aromatic nitrogens is 1. The van der Waals surface area contributed by atoms with Gasteiger partial charge in [0.25, 0.3) is 0 Å². The molecule has 4 rings (SSSR count). The maximum atomic E-state index is 12.3. The molecule has 0 bridgehead atoms. The molecule has 0 saturated carbocycles. The van der Waals surface area contributed by atoms with Crippen LogP contribution in [0, 0.1) is 11.3 Å². The number of nitrogens with zero attached hydrogens (tertiary/aromatic N) is 4. The molecule has 3 aromatic rings. The van der Waals surface area contributed by atoms with E-state index in [-0.39, 0.29) is 18.6 Å². The Bertz CT molecular complexity index is 1330.